The molecule has 2 aliphatic heterocycles. The van der Waals surface area contributed by atoms with Gasteiger partial charge in [0.15, 0.2) is 0 Å². The van der Waals surface area contributed by atoms with Crippen LogP contribution in [-0.4, -0.2) is 42.4 Å². The second-order valence-electron chi connectivity index (χ2n) is 8.00. The van der Waals surface area contributed by atoms with E-state index in [2.05, 4.69) is 21.6 Å². The van der Waals surface area contributed by atoms with Crippen molar-refractivity contribution >= 4 is 35.3 Å². The Morgan fingerprint density at radius 3 is 2.59 bits per heavy atom. The van der Waals surface area contributed by atoms with E-state index in [1.165, 1.54) is 37.5 Å². The Balaban J connectivity index is 1.45. The van der Waals surface area contributed by atoms with Crippen LogP contribution in [0.3, 0.4) is 0 Å². The van der Waals surface area contributed by atoms with E-state index in [4.69, 9.17) is 0 Å². The van der Waals surface area contributed by atoms with Crippen molar-refractivity contribution in [2.24, 2.45) is 0 Å². The molecule has 7 nitrogen and oxygen atoms in total. The molecule has 0 unspecified atom stereocenters. The number of carbonyl (C=O) groups excluding carboxylic acids is 3. The summed E-state index contributed by atoms with van der Waals surface area (Å²) in [6.07, 6.45) is 5.25. The number of hydrogen-bond donors (Lipinski definition) is 2. The van der Waals surface area contributed by atoms with Gasteiger partial charge < -0.3 is 15.5 Å². The second kappa shape index (κ2) is 9.21. The Morgan fingerprint density at radius 2 is 1.88 bits per heavy atom. The molecule has 2 N–H and O–H groups in total. The second-order valence-corrected chi connectivity index (χ2v) is 8.00. The number of hydrogen-bond acceptors (Lipinski definition) is 4. The van der Waals surface area contributed by atoms with Crippen LogP contribution in [0.1, 0.15) is 30.4 Å². The molecule has 2 saturated heterocycles. The van der Waals surface area contributed by atoms with Gasteiger partial charge in [0.25, 0.3) is 5.91 Å². The maximum Gasteiger partial charge on any atom is 0.329 e. The Kier molecular flexibility index (Phi) is 6.20. The molecule has 2 heterocycles. The first-order chi connectivity index (χ1) is 15.4. The monoisotopic (exact) mass is 436 g/mol. The van der Waals surface area contributed by atoms with Gasteiger partial charge in [0.1, 0.15) is 18.1 Å². The molecule has 2 aromatic carbocycles. The van der Waals surface area contributed by atoms with Crippen molar-refractivity contribution in [2.45, 2.75) is 26.2 Å². The zero-order valence-corrected chi connectivity index (χ0v) is 17.9. The molecule has 0 saturated carbocycles. The third-order valence-corrected chi connectivity index (χ3v) is 5.69. The van der Waals surface area contributed by atoms with Gasteiger partial charge >= 0.3 is 6.03 Å². The predicted octanol–water partition coefficient (Wildman–Crippen LogP) is 3.66. The van der Waals surface area contributed by atoms with E-state index in [1.807, 2.05) is 19.1 Å². The van der Waals surface area contributed by atoms with Crippen molar-refractivity contribution in [1.29, 1.82) is 0 Å². The van der Waals surface area contributed by atoms with Crippen LogP contribution in [0.25, 0.3) is 6.08 Å². The van der Waals surface area contributed by atoms with Crippen LogP contribution in [0.5, 0.6) is 0 Å². The minimum absolute atomic E-state index is 0.00950. The minimum atomic E-state index is -0.687. The maximum atomic E-state index is 13.7. The van der Waals surface area contributed by atoms with Crippen LogP contribution in [-0.2, 0) is 9.59 Å². The molecule has 0 aliphatic carbocycles. The van der Waals surface area contributed by atoms with E-state index in [-0.39, 0.29) is 11.4 Å². The molecule has 2 aromatic rings. The van der Waals surface area contributed by atoms with Crippen molar-refractivity contribution in [3.63, 3.8) is 0 Å². The normalized spacial score (nSPS) is 17.6. The highest BCUT2D eigenvalue weighted by Crippen LogP contribution is 2.25. The number of piperidine rings is 1. The molecule has 2 fully saturated rings. The fourth-order valence-corrected chi connectivity index (χ4v) is 3.94. The average Bonchev–Trinajstić information content (AvgIpc) is 3.04. The topological polar surface area (TPSA) is 81.8 Å². The summed E-state index contributed by atoms with van der Waals surface area (Å²) in [6, 6.07) is 11.0. The lowest BCUT2D eigenvalue weighted by Crippen LogP contribution is -2.38. The van der Waals surface area contributed by atoms with Crippen molar-refractivity contribution in [3.8, 4) is 0 Å². The quantitative estimate of drug-likeness (QED) is 0.554. The molecule has 32 heavy (non-hydrogen) atoms. The third-order valence-electron chi connectivity index (χ3n) is 5.69. The summed E-state index contributed by atoms with van der Waals surface area (Å²) in [6.45, 7) is 3.53. The molecule has 0 bridgehead atoms. The molecule has 4 rings (SSSR count). The van der Waals surface area contributed by atoms with E-state index < -0.39 is 30.2 Å². The number of imide groups is 1. The standard InChI is InChI=1S/C24H25FN4O3/c1-16-13-18(28-11-5-2-6-12-28)10-9-17(16)14-21-23(31)29(24(32)27-21)15-22(30)26-20-8-4-3-7-19(20)25/h3-4,7-10,13-14H,2,5-6,11-12,15H2,1H3,(H,26,30)(H,27,32)/b21-14+. The molecule has 8 heteroatoms. The van der Waals surface area contributed by atoms with Crippen molar-refractivity contribution in [2.75, 3.05) is 29.9 Å². The van der Waals surface area contributed by atoms with E-state index in [0.717, 1.165) is 34.8 Å². The number of nitrogens with one attached hydrogen (secondary N) is 2. The summed E-state index contributed by atoms with van der Waals surface area (Å²) in [5, 5.41) is 4.90. The molecule has 4 amide bonds. The maximum absolute atomic E-state index is 13.7. The number of para-hydroxylation sites is 1. The number of aryl methyl sites for hydroxylation is 1. The van der Waals surface area contributed by atoms with Gasteiger partial charge in [-0.05, 0) is 67.7 Å². The van der Waals surface area contributed by atoms with Gasteiger partial charge in [0.05, 0.1) is 5.69 Å². The van der Waals surface area contributed by atoms with Crippen molar-refractivity contribution < 1.29 is 18.8 Å². The highest BCUT2D eigenvalue weighted by atomic mass is 19.1. The van der Waals surface area contributed by atoms with Crippen LogP contribution >= 0.6 is 0 Å². The Morgan fingerprint density at radius 1 is 1.12 bits per heavy atom. The Labute approximate surface area is 185 Å². The number of amides is 4. The fourth-order valence-electron chi connectivity index (χ4n) is 3.94. The number of benzene rings is 2. The SMILES string of the molecule is Cc1cc(N2CCCCC2)ccc1/C=C1/NC(=O)N(CC(=O)Nc2ccccc2F)C1=O. The van der Waals surface area contributed by atoms with E-state index in [0.29, 0.717) is 0 Å². The van der Waals surface area contributed by atoms with Crippen LogP contribution in [0.15, 0.2) is 48.2 Å². The summed E-state index contributed by atoms with van der Waals surface area (Å²) in [7, 11) is 0. The van der Waals surface area contributed by atoms with Gasteiger partial charge in [-0.3, -0.25) is 9.59 Å². The summed E-state index contributed by atoms with van der Waals surface area (Å²) in [4.78, 5) is 40.4. The van der Waals surface area contributed by atoms with Crippen LogP contribution in [0.4, 0.5) is 20.6 Å². The van der Waals surface area contributed by atoms with Crippen LogP contribution in [0.2, 0.25) is 0 Å². The highest BCUT2D eigenvalue weighted by Gasteiger charge is 2.35. The Bertz CT molecular complexity index is 1090. The molecular weight excluding hydrogens is 411 g/mol. The number of rotatable bonds is 5. The molecule has 0 spiro atoms. The molecule has 2 aliphatic rings. The lowest BCUT2D eigenvalue weighted by molar-refractivity contribution is -0.127. The van der Waals surface area contributed by atoms with Gasteiger partial charge in [-0.1, -0.05) is 18.2 Å². The largest absolute Gasteiger partial charge is 0.372 e. The van der Waals surface area contributed by atoms with Gasteiger partial charge in [0, 0.05) is 18.8 Å². The smallest absolute Gasteiger partial charge is 0.329 e. The van der Waals surface area contributed by atoms with Crippen molar-refractivity contribution in [3.05, 3.63) is 65.1 Å². The first-order valence-electron chi connectivity index (χ1n) is 10.7. The molecular formula is C24H25FN4O3. The Hall–Kier alpha value is -3.68. The number of anilines is 2. The highest BCUT2D eigenvalue weighted by molar-refractivity contribution is 6.16. The lowest BCUT2D eigenvalue weighted by atomic mass is 10.0. The van der Waals surface area contributed by atoms with Crippen molar-refractivity contribution in [1.82, 2.24) is 10.2 Å². The van der Waals surface area contributed by atoms with E-state index >= 15 is 0 Å². The zero-order valence-electron chi connectivity index (χ0n) is 17.9. The van der Waals surface area contributed by atoms with Gasteiger partial charge in [-0.15, -0.1) is 0 Å². The van der Waals surface area contributed by atoms with Crippen LogP contribution in [0, 0.1) is 12.7 Å². The van der Waals surface area contributed by atoms with Gasteiger partial charge in [-0.2, -0.15) is 0 Å². The average molecular weight is 436 g/mol. The third kappa shape index (κ3) is 4.64. The van der Waals surface area contributed by atoms with E-state index in [1.54, 1.807) is 12.1 Å². The van der Waals surface area contributed by atoms with Gasteiger partial charge in [0.2, 0.25) is 5.91 Å². The molecule has 0 aromatic heterocycles. The fraction of sp³-hybridized carbons (Fsp3) is 0.292. The first kappa shape index (κ1) is 21.5. The summed E-state index contributed by atoms with van der Waals surface area (Å²) >= 11 is 0. The molecule has 166 valence electrons. The summed E-state index contributed by atoms with van der Waals surface area (Å²) in [5.41, 5.74) is 3.04. The van der Waals surface area contributed by atoms with Gasteiger partial charge in [-0.25, -0.2) is 14.1 Å². The van der Waals surface area contributed by atoms with Crippen LogP contribution < -0.4 is 15.5 Å². The number of nitrogens with zero attached hydrogens (tertiary/aromatic N) is 2. The zero-order chi connectivity index (χ0) is 22.7. The number of halogens is 1. The number of carbonyl (C=O) groups is 3. The molecule has 0 atom stereocenters. The molecule has 0 radical (unpaired) electrons. The summed E-state index contributed by atoms with van der Waals surface area (Å²) < 4.78 is 13.7. The summed E-state index contributed by atoms with van der Waals surface area (Å²) in [5.74, 6) is -1.86. The lowest BCUT2D eigenvalue weighted by Gasteiger charge is -2.29. The first-order valence-corrected chi connectivity index (χ1v) is 10.7. The van der Waals surface area contributed by atoms with E-state index in [9.17, 15) is 18.8 Å². The number of urea groups is 1. The predicted molar refractivity (Wildman–Crippen MR) is 120 cm³/mol. The minimum Gasteiger partial charge on any atom is -0.372 e.